The van der Waals surface area contributed by atoms with Crippen LogP contribution in [-0.4, -0.2) is 49.0 Å². The summed E-state index contributed by atoms with van der Waals surface area (Å²) in [7, 11) is 1.55. The van der Waals surface area contributed by atoms with Gasteiger partial charge >= 0.3 is 5.97 Å². The summed E-state index contributed by atoms with van der Waals surface area (Å²) in [5, 5.41) is 12.9. The molecule has 1 spiro atoms. The van der Waals surface area contributed by atoms with E-state index in [2.05, 4.69) is 15.4 Å². The largest absolute Gasteiger partial charge is 0.496 e. The van der Waals surface area contributed by atoms with Crippen LogP contribution in [0.5, 0.6) is 5.75 Å². The maximum atomic E-state index is 13.2. The molecule has 4 aromatic rings. The molecule has 0 bridgehead atoms. The Morgan fingerprint density at radius 2 is 1.92 bits per heavy atom. The molecule has 2 fully saturated rings. The predicted octanol–water partition coefficient (Wildman–Crippen LogP) is 5.19. The lowest BCUT2D eigenvalue weighted by Gasteiger charge is -2.50. The fourth-order valence-corrected chi connectivity index (χ4v) is 6.13. The molecule has 3 aromatic heterocycles. The van der Waals surface area contributed by atoms with Crippen LogP contribution in [0.15, 0.2) is 42.9 Å². The number of nitrogens with one attached hydrogen (secondary N) is 1. The second-order valence-electron chi connectivity index (χ2n) is 12.0. The van der Waals surface area contributed by atoms with Crippen LogP contribution in [-0.2, 0) is 9.53 Å². The lowest BCUT2D eigenvalue weighted by molar-refractivity contribution is -0.170. The highest BCUT2D eigenvalue weighted by atomic mass is 16.6. The molecule has 10 heteroatoms. The summed E-state index contributed by atoms with van der Waals surface area (Å²) in [5.74, 6) is 0.603. The monoisotopic (exact) mass is 530 g/mol. The summed E-state index contributed by atoms with van der Waals surface area (Å²) in [6.07, 6.45) is 11.3. The van der Waals surface area contributed by atoms with Crippen LogP contribution in [0.25, 0.3) is 16.6 Å². The Morgan fingerprint density at radius 3 is 2.64 bits per heavy atom. The predicted molar refractivity (Wildman–Crippen MR) is 146 cm³/mol. The van der Waals surface area contributed by atoms with E-state index in [0.29, 0.717) is 22.8 Å². The molecule has 0 saturated heterocycles. The summed E-state index contributed by atoms with van der Waals surface area (Å²) in [4.78, 5) is 30.0. The Bertz CT molecular complexity index is 1550. The quantitative estimate of drug-likeness (QED) is 0.353. The summed E-state index contributed by atoms with van der Waals surface area (Å²) in [6.45, 7) is 5.76. The van der Waals surface area contributed by atoms with E-state index in [1.54, 1.807) is 30.1 Å². The van der Waals surface area contributed by atoms with Gasteiger partial charge in [0, 0.05) is 23.8 Å². The molecule has 2 saturated carbocycles. The highest BCUT2D eigenvalue weighted by Gasteiger charge is 2.50. The van der Waals surface area contributed by atoms with Crippen LogP contribution in [0.2, 0.25) is 0 Å². The van der Waals surface area contributed by atoms with E-state index < -0.39 is 5.60 Å². The number of anilines is 1. The molecule has 0 aliphatic heterocycles. The average Bonchev–Trinajstić information content (AvgIpc) is 3.49. The van der Waals surface area contributed by atoms with E-state index >= 15 is 0 Å². The Morgan fingerprint density at radius 1 is 1.15 bits per heavy atom. The van der Waals surface area contributed by atoms with Crippen LogP contribution in [0.3, 0.4) is 0 Å². The van der Waals surface area contributed by atoms with Gasteiger partial charge in [0.15, 0.2) is 11.5 Å². The number of aromatic nitrogens is 5. The number of amides is 1. The van der Waals surface area contributed by atoms with Crippen molar-refractivity contribution in [3.8, 4) is 5.75 Å². The van der Waals surface area contributed by atoms with Crippen molar-refractivity contribution >= 4 is 34.2 Å². The lowest BCUT2D eigenvalue weighted by atomic mass is 9.55. The number of methoxy groups -OCH3 is 1. The van der Waals surface area contributed by atoms with Gasteiger partial charge in [-0.15, -0.1) is 0 Å². The first-order valence-corrected chi connectivity index (χ1v) is 13.5. The fourth-order valence-electron chi connectivity index (χ4n) is 6.13. The van der Waals surface area contributed by atoms with Crippen molar-refractivity contribution in [3.05, 3.63) is 48.4 Å². The maximum Gasteiger partial charge on any atom is 0.309 e. The number of carbonyl (C=O) groups is 2. The number of imidazole rings is 1. The molecule has 1 N–H and O–H groups in total. The van der Waals surface area contributed by atoms with Crippen LogP contribution in [0, 0.1) is 11.3 Å². The normalized spacial score (nSPS) is 23.1. The number of esters is 1. The zero-order valence-corrected chi connectivity index (χ0v) is 22.8. The second-order valence-corrected chi connectivity index (χ2v) is 12.0. The van der Waals surface area contributed by atoms with Gasteiger partial charge < -0.3 is 14.8 Å². The molecule has 1 amide bonds. The van der Waals surface area contributed by atoms with Gasteiger partial charge in [-0.3, -0.25) is 14.3 Å². The first-order chi connectivity index (χ1) is 18.6. The molecule has 10 nitrogen and oxygen atoms in total. The number of hydrogen-bond donors (Lipinski definition) is 1. The van der Waals surface area contributed by atoms with Gasteiger partial charge in [-0.2, -0.15) is 14.7 Å². The summed E-state index contributed by atoms with van der Waals surface area (Å²) in [5.41, 5.74) is 1.67. The molecule has 0 unspecified atom stereocenters. The molecule has 0 radical (unpaired) electrons. The molecule has 2 aliphatic rings. The van der Waals surface area contributed by atoms with Crippen LogP contribution in [0.4, 0.5) is 5.82 Å². The molecule has 204 valence electrons. The van der Waals surface area contributed by atoms with Crippen molar-refractivity contribution in [2.24, 2.45) is 11.3 Å². The van der Waals surface area contributed by atoms with E-state index in [-0.39, 0.29) is 29.3 Å². The third-order valence-electron chi connectivity index (χ3n) is 8.10. The number of fused-ring (bicyclic) bond motifs is 2. The molecule has 6 rings (SSSR count). The molecular formula is C29H34N6O4. The molecule has 1 aromatic carbocycles. The van der Waals surface area contributed by atoms with Crippen molar-refractivity contribution in [1.82, 2.24) is 24.4 Å². The standard InChI is InChI=1S/C29H34N6O4/c1-28(2,3)39-27(37)19-14-29(15-19)9-7-20(8-10-29)34-17-18-12-21(23(38-4)13-22(18)33-34)26(36)32-25-16-30-24-6-5-11-31-35(24)25/h5-6,11-13,16-17,19-20H,7-10,14-15H2,1-4H3,(H,32,36). The second kappa shape index (κ2) is 9.36. The minimum atomic E-state index is -0.436. The zero-order valence-electron chi connectivity index (χ0n) is 22.8. The van der Waals surface area contributed by atoms with E-state index in [4.69, 9.17) is 14.6 Å². The molecule has 3 heterocycles. The van der Waals surface area contributed by atoms with Crippen LogP contribution >= 0.6 is 0 Å². The Hall–Kier alpha value is -3.95. The highest BCUT2D eigenvalue weighted by Crippen LogP contribution is 2.56. The topological polar surface area (TPSA) is 113 Å². The van der Waals surface area contributed by atoms with Gasteiger partial charge in [-0.25, -0.2) is 4.98 Å². The zero-order chi connectivity index (χ0) is 27.4. The first-order valence-electron chi connectivity index (χ1n) is 13.5. The van der Waals surface area contributed by atoms with Crippen molar-refractivity contribution in [3.63, 3.8) is 0 Å². The van der Waals surface area contributed by atoms with E-state index in [0.717, 1.165) is 49.4 Å². The summed E-state index contributed by atoms with van der Waals surface area (Å²) in [6, 6.07) is 7.54. The highest BCUT2D eigenvalue weighted by molar-refractivity contribution is 6.08. The van der Waals surface area contributed by atoms with Gasteiger partial charge in [0.1, 0.15) is 11.4 Å². The van der Waals surface area contributed by atoms with Crippen LogP contribution < -0.4 is 10.1 Å². The number of rotatable bonds is 5. The number of hydrogen-bond acceptors (Lipinski definition) is 7. The Labute approximate surface area is 226 Å². The first kappa shape index (κ1) is 25.3. The minimum absolute atomic E-state index is 0.0291. The summed E-state index contributed by atoms with van der Waals surface area (Å²) >= 11 is 0. The SMILES string of the molecule is COc1cc2nn(C3CCC4(CC3)CC(C(=O)OC(C)(C)C)C4)cc2cc1C(=O)Nc1cnc2cccnn12. The Balaban J connectivity index is 1.14. The van der Waals surface area contributed by atoms with E-state index in [1.165, 1.54) is 0 Å². The average molecular weight is 531 g/mol. The molecular weight excluding hydrogens is 496 g/mol. The fraction of sp³-hybridized carbons (Fsp3) is 0.483. The van der Waals surface area contributed by atoms with Gasteiger partial charge in [0.25, 0.3) is 5.91 Å². The third-order valence-corrected chi connectivity index (χ3v) is 8.10. The lowest BCUT2D eigenvalue weighted by Crippen LogP contribution is -2.45. The van der Waals surface area contributed by atoms with Gasteiger partial charge in [-0.1, -0.05) is 0 Å². The van der Waals surface area contributed by atoms with Gasteiger partial charge in [-0.05, 0) is 82.9 Å². The van der Waals surface area contributed by atoms with Crippen molar-refractivity contribution in [1.29, 1.82) is 0 Å². The number of carbonyl (C=O) groups excluding carboxylic acids is 2. The minimum Gasteiger partial charge on any atom is -0.496 e. The number of benzene rings is 1. The van der Waals surface area contributed by atoms with Gasteiger partial charge in [0.2, 0.25) is 0 Å². The van der Waals surface area contributed by atoms with E-state index in [9.17, 15) is 9.59 Å². The summed E-state index contributed by atoms with van der Waals surface area (Å²) < 4.78 is 14.8. The van der Waals surface area contributed by atoms with E-state index in [1.807, 2.05) is 49.8 Å². The number of ether oxygens (including phenoxy) is 2. The maximum absolute atomic E-state index is 13.2. The van der Waals surface area contributed by atoms with Gasteiger partial charge in [0.05, 0.1) is 36.3 Å². The molecule has 0 atom stereocenters. The number of nitrogens with zero attached hydrogens (tertiary/aromatic N) is 5. The molecule has 39 heavy (non-hydrogen) atoms. The third kappa shape index (κ3) is 4.84. The van der Waals surface area contributed by atoms with Crippen molar-refractivity contribution in [2.75, 3.05) is 12.4 Å². The van der Waals surface area contributed by atoms with Crippen molar-refractivity contribution in [2.45, 2.75) is 70.9 Å². The molecule has 2 aliphatic carbocycles. The van der Waals surface area contributed by atoms with Crippen LogP contribution in [0.1, 0.15) is 75.7 Å². The van der Waals surface area contributed by atoms with Crippen molar-refractivity contribution < 1.29 is 19.1 Å². The smallest absolute Gasteiger partial charge is 0.309 e. The Kier molecular flexibility index (Phi) is 6.08.